The molecule has 0 saturated carbocycles. The lowest BCUT2D eigenvalue weighted by Gasteiger charge is -2.42. The highest BCUT2D eigenvalue weighted by Gasteiger charge is 2.28. The van der Waals surface area contributed by atoms with E-state index in [2.05, 4.69) is 18.7 Å². The lowest BCUT2D eigenvalue weighted by molar-refractivity contribution is 0.0546. The number of carbonyl (C=O) groups excluding carboxylic acids is 1. The molecule has 5 heteroatoms. The van der Waals surface area contributed by atoms with Gasteiger partial charge in [0.2, 0.25) is 0 Å². The Balaban J connectivity index is 2.09. The van der Waals surface area contributed by atoms with Crippen LogP contribution in [0.25, 0.3) is 0 Å². The minimum Gasteiger partial charge on any atom is -0.298 e. The molecule has 1 aliphatic rings. The van der Waals surface area contributed by atoms with E-state index in [9.17, 15) is 13.6 Å². The quantitative estimate of drug-likeness (QED) is 0.794. The molecule has 1 aliphatic heterocycles. The number of rotatable bonds is 3. The predicted molar refractivity (Wildman–Crippen MR) is 73.8 cm³/mol. The van der Waals surface area contributed by atoms with Crippen molar-refractivity contribution in [2.45, 2.75) is 25.9 Å². The van der Waals surface area contributed by atoms with Crippen LogP contribution in [0.15, 0.2) is 18.2 Å². The first-order valence-corrected chi connectivity index (χ1v) is 6.81. The SMILES string of the molecule is CC1CN(CC(=O)c2c(F)cccc2F)CC(C)N1C. The summed E-state index contributed by atoms with van der Waals surface area (Å²) < 4.78 is 27.2. The smallest absolute Gasteiger partial charge is 0.182 e. The van der Waals surface area contributed by atoms with Gasteiger partial charge in [-0.25, -0.2) is 8.78 Å². The molecule has 2 atom stereocenters. The van der Waals surface area contributed by atoms with Crippen LogP contribution in [0.1, 0.15) is 24.2 Å². The van der Waals surface area contributed by atoms with Gasteiger partial charge in [0.05, 0.1) is 12.1 Å². The van der Waals surface area contributed by atoms with Crippen LogP contribution in [0.4, 0.5) is 8.78 Å². The third kappa shape index (κ3) is 3.04. The van der Waals surface area contributed by atoms with Gasteiger partial charge in [0, 0.05) is 25.2 Å². The van der Waals surface area contributed by atoms with Gasteiger partial charge in [0.1, 0.15) is 11.6 Å². The van der Waals surface area contributed by atoms with Crippen molar-refractivity contribution in [3.8, 4) is 0 Å². The average molecular weight is 282 g/mol. The predicted octanol–water partition coefficient (Wildman–Crippen LogP) is 2.17. The second-order valence-electron chi connectivity index (χ2n) is 5.58. The number of hydrogen-bond donors (Lipinski definition) is 0. The van der Waals surface area contributed by atoms with Gasteiger partial charge in [-0.1, -0.05) is 6.07 Å². The third-order valence-electron chi connectivity index (χ3n) is 4.04. The zero-order chi connectivity index (χ0) is 14.9. The minimum absolute atomic E-state index is 0.0559. The Bertz CT molecular complexity index is 474. The van der Waals surface area contributed by atoms with Gasteiger partial charge < -0.3 is 0 Å². The molecule has 3 nitrogen and oxygen atoms in total. The summed E-state index contributed by atoms with van der Waals surface area (Å²) >= 11 is 0. The first-order valence-electron chi connectivity index (χ1n) is 6.81. The molecule has 1 aromatic carbocycles. The highest BCUT2D eigenvalue weighted by molar-refractivity contribution is 5.98. The average Bonchev–Trinajstić information content (AvgIpc) is 2.35. The zero-order valence-electron chi connectivity index (χ0n) is 12.1. The number of nitrogens with zero attached hydrogens (tertiary/aromatic N) is 2. The van der Waals surface area contributed by atoms with E-state index in [-0.39, 0.29) is 6.54 Å². The number of ketones is 1. The summed E-state index contributed by atoms with van der Waals surface area (Å²) in [4.78, 5) is 16.3. The maximum atomic E-state index is 13.6. The van der Waals surface area contributed by atoms with Crippen molar-refractivity contribution in [2.75, 3.05) is 26.7 Å². The van der Waals surface area contributed by atoms with Gasteiger partial charge in [-0.15, -0.1) is 0 Å². The standard InChI is InChI=1S/C15H20F2N2O/c1-10-7-19(8-11(2)18(10)3)9-14(20)15-12(16)5-4-6-13(15)17/h4-6,10-11H,7-9H2,1-3H3. The Hall–Kier alpha value is -1.33. The fourth-order valence-corrected chi connectivity index (χ4v) is 2.69. The van der Waals surface area contributed by atoms with Crippen molar-refractivity contribution < 1.29 is 13.6 Å². The van der Waals surface area contributed by atoms with Crippen molar-refractivity contribution in [2.24, 2.45) is 0 Å². The van der Waals surface area contributed by atoms with Crippen LogP contribution in [0, 0.1) is 11.6 Å². The van der Waals surface area contributed by atoms with Crippen LogP contribution >= 0.6 is 0 Å². The maximum absolute atomic E-state index is 13.6. The van der Waals surface area contributed by atoms with Crippen LogP contribution < -0.4 is 0 Å². The molecule has 0 spiro atoms. The van der Waals surface area contributed by atoms with E-state index in [1.807, 2.05) is 11.9 Å². The Morgan fingerprint density at radius 2 is 1.70 bits per heavy atom. The van der Waals surface area contributed by atoms with Gasteiger partial charge >= 0.3 is 0 Å². The number of benzene rings is 1. The molecule has 0 radical (unpaired) electrons. The number of carbonyl (C=O) groups is 1. The fourth-order valence-electron chi connectivity index (χ4n) is 2.69. The normalized spacial score (nSPS) is 24.9. The van der Waals surface area contributed by atoms with E-state index in [0.29, 0.717) is 12.1 Å². The van der Waals surface area contributed by atoms with Crippen LogP contribution in [0.5, 0.6) is 0 Å². The number of Topliss-reactive ketones (excluding diaryl/α,β-unsaturated/α-hetero) is 1. The molecule has 110 valence electrons. The summed E-state index contributed by atoms with van der Waals surface area (Å²) in [5.74, 6) is -2.07. The maximum Gasteiger partial charge on any atom is 0.182 e. The largest absolute Gasteiger partial charge is 0.298 e. The second-order valence-corrected chi connectivity index (χ2v) is 5.58. The van der Waals surface area contributed by atoms with E-state index in [1.54, 1.807) is 0 Å². The van der Waals surface area contributed by atoms with Gasteiger partial charge in [0.25, 0.3) is 0 Å². The Labute approximate surface area is 118 Å². The molecular formula is C15H20F2N2O. The minimum atomic E-state index is -0.787. The number of hydrogen-bond acceptors (Lipinski definition) is 3. The molecule has 1 saturated heterocycles. The molecule has 20 heavy (non-hydrogen) atoms. The van der Waals surface area contributed by atoms with Gasteiger partial charge in [-0.05, 0) is 33.0 Å². The third-order valence-corrected chi connectivity index (χ3v) is 4.04. The molecule has 0 bridgehead atoms. The molecule has 1 fully saturated rings. The topological polar surface area (TPSA) is 23.6 Å². The van der Waals surface area contributed by atoms with Gasteiger partial charge in [0.15, 0.2) is 5.78 Å². The van der Waals surface area contributed by atoms with Crippen LogP contribution in [-0.2, 0) is 0 Å². The highest BCUT2D eigenvalue weighted by Crippen LogP contribution is 2.16. The van der Waals surface area contributed by atoms with Crippen molar-refractivity contribution in [1.82, 2.24) is 9.80 Å². The lowest BCUT2D eigenvalue weighted by atomic mass is 10.1. The molecule has 0 aliphatic carbocycles. The van der Waals surface area contributed by atoms with Crippen molar-refractivity contribution >= 4 is 5.78 Å². The van der Waals surface area contributed by atoms with E-state index < -0.39 is 23.0 Å². The molecule has 0 N–H and O–H groups in total. The summed E-state index contributed by atoms with van der Waals surface area (Å²) in [5.41, 5.74) is -0.424. The fraction of sp³-hybridized carbons (Fsp3) is 0.533. The first kappa shape index (κ1) is 15.1. The number of piperazine rings is 1. The summed E-state index contributed by atoms with van der Waals surface area (Å²) in [7, 11) is 2.05. The Kier molecular flexibility index (Phi) is 4.50. The molecule has 1 aromatic rings. The number of halogens is 2. The highest BCUT2D eigenvalue weighted by atomic mass is 19.1. The van der Waals surface area contributed by atoms with E-state index >= 15 is 0 Å². The van der Waals surface area contributed by atoms with Gasteiger partial charge in [-0.2, -0.15) is 0 Å². The second kappa shape index (κ2) is 5.97. The van der Waals surface area contributed by atoms with E-state index in [4.69, 9.17) is 0 Å². The van der Waals surface area contributed by atoms with Crippen molar-refractivity contribution in [3.05, 3.63) is 35.4 Å². The molecule has 0 aromatic heterocycles. The summed E-state index contributed by atoms with van der Waals surface area (Å²) in [6, 6.07) is 4.13. The molecule has 2 unspecified atom stereocenters. The lowest BCUT2D eigenvalue weighted by Crippen LogP contribution is -2.55. The van der Waals surface area contributed by atoms with Crippen molar-refractivity contribution in [3.63, 3.8) is 0 Å². The first-order chi connectivity index (χ1) is 9.40. The van der Waals surface area contributed by atoms with Crippen LogP contribution in [0.3, 0.4) is 0 Å². The monoisotopic (exact) mass is 282 g/mol. The number of likely N-dealkylation sites (N-methyl/N-ethyl adjacent to an activating group) is 1. The van der Waals surface area contributed by atoms with E-state index in [0.717, 1.165) is 25.2 Å². The Morgan fingerprint density at radius 1 is 1.20 bits per heavy atom. The van der Waals surface area contributed by atoms with Crippen LogP contribution in [-0.4, -0.2) is 54.3 Å². The molecule has 2 rings (SSSR count). The van der Waals surface area contributed by atoms with E-state index in [1.165, 1.54) is 6.07 Å². The molecule has 1 heterocycles. The van der Waals surface area contributed by atoms with Crippen molar-refractivity contribution in [1.29, 1.82) is 0 Å². The Morgan fingerprint density at radius 3 is 2.20 bits per heavy atom. The van der Waals surface area contributed by atoms with Crippen LogP contribution in [0.2, 0.25) is 0 Å². The summed E-state index contributed by atoms with van der Waals surface area (Å²) in [6.45, 7) is 5.67. The zero-order valence-corrected chi connectivity index (χ0v) is 12.1. The summed E-state index contributed by atoms with van der Waals surface area (Å²) in [6.07, 6.45) is 0. The molecule has 0 amide bonds. The molecular weight excluding hydrogens is 262 g/mol. The van der Waals surface area contributed by atoms with Gasteiger partial charge in [-0.3, -0.25) is 14.6 Å². The summed E-state index contributed by atoms with van der Waals surface area (Å²) in [5, 5.41) is 0.